The number of hydrogen-bond acceptors (Lipinski definition) is 4. The summed E-state index contributed by atoms with van der Waals surface area (Å²) in [5.41, 5.74) is 5.85. The molecule has 94 valence electrons. The Morgan fingerprint density at radius 3 is 2.56 bits per heavy atom. The van der Waals surface area contributed by atoms with E-state index in [-0.39, 0.29) is 5.91 Å². The molecule has 1 fully saturated rings. The third kappa shape index (κ3) is 3.96. The highest BCUT2D eigenvalue weighted by atomic mass is 32.2. The summed E-state index contributed by atoms with van der Waals surface area (Å²) >= 11 is 1.93. The average Bonchev–Trinajstić information content (AvgIpc) is 2.23. The number of hydrogen-bond donors (Lipinski definition) is 1. The molecule has 0 aromatic heterocycles. The Balaban J connectivity index is 2.45. The first-order valence-corrected chi connectivity index (χ1v) is 6.67. The van der Waals surface area contributed by atoms with Crippen LogP contribution in [0.1, 0.15) is 20.3 Å². The van der Waals surface area contributed by atoms with Crippen molar-refractivity contribution in [1.82, 2.24) is 4.90 Å². The van der Waals surface area contributed by atoms with Gasteiger partial charge in [0.2, 0.25) is 5.91 Å². The first kappa shape index (κ1) is 13.8. The zero-order chi connectivity index (χ0) is 12.1. The summed E-state index contributed by atoms with van der Waals surface area (Å²) in [6.07, 6.45) is 0.599. The molecular weight excluding hydrogens is 224 g/mol. The summed E-state index contributed by atoms with van der Waals surface area (Å²) < 4.78 is 4.94. The fraction of sp³-hybridized carbons (Fsp3) is 0.909. The van der Waals surface area contributed by atoms with Gasteiger partial charge in [-0.2, -0.15) is 11.8 Å². The van der Waals surface area contributed by atoms with Gasteiger partial charge in [0.25, 0.3) is 0 Å². The van der Waals surface area contributed by atoms with Crippen LogP contribution in [0, 0.1) is 0 Å². The Kier molecular flexibility index (Phi) is 5.58. The predicted octanol–water partition coefficient (Wildman–Crippen LogP) is 0.703. The van der Waals surface area contributed by atoms with E-state index in [2.05, 4.69) is 13.8 Å². The van der Waals surface area contributed by atoms with Gasteiger partial charge in [-0.25, -0.2) is 0 Å². The number of thioether (sulfide) groups is 1. The van der Waals surface area contributed by atoms with Crippen molar-refractivity contribution in [3.8, 4) is 0 Å². The maximum atomic E-state index is 12.0. The zero-order valence-corrected chi connectivity index (χ0v) is 11.1. The summed E-state index contributed by atoms with van der Waals surface area (Å²) in [7, 11) is 1.62. The van der Waals surface area contributed by atoms with Crippen LogP contribution < -0.4 is 5.73 Å². The lowest BCUT2D eigenvalue weighted by Gasteiger charge is -2.35. The second-order valence-corrected chi connectivity index (χ2v) is 6.27. The number of methoxy groups -OCH3 is 1. The van der Waals surface area contributed by atoms with Gasteiger partial charge in [-0.1, -0.05) is 13.8 Å². The van der Waals surface area contributed by atoms with E-state index >= 15 is 0 Å². The van der Waals surface area contributed by atoms with Crippen LogP contribution in [0.3, 0.4) is 0 Å². The Morgan fingerprint density at radius 2 is 2.06 bits per heavy atom. The topological polar surface area (TPSA) is 55.6 Å². The molecule has 0 aromatic carbocycles. The SMILES string of the molecule is COCCC(N)C(=O)N1CC(C)SC(C)C1. The average molecular weight is 246 g/mol. The van der Waals surface area contributed by atoms with E-state index in [1.807, 2.05) is 16.7 Å². The van der Waals surface area contributed by atoms with E-state index in [0.29, 0.717) is 23.5 Å². The van der Waals surface area contributed by atoms with Gasteiger partial charge in [0, 0.05) is 37.3 Å². The number of carbonyl (C=O) groups is 1. The zero-order valence-electron chi connectivity index (χ0n) is 10.3. The van der Waals surface area contributed by atoms with Crippen LogP contribution in [-0.4, -0.2) is 54.2 Å². The van der Waals surface area contributed by atoms with Crippen molar-refractivity contribution in [2.75, 3.05) is 26.8 Å². The maximum absolute atomic E-state index is 12.0. The van der Waals surface area contributed by atoms with E-state index < -0.39 is 6.04 Å². The minimum absolute atomic E-state index is 0.0658. The Labute approximate surface area is 102 Å². The third-order valence-electron chi connectivity index (χ3n) is 2.68. The molecule has 5 heteroatoms. The highest BCUT2D eigenvalue weighted by molar-refractivity contribution is 8.00. The second-order valence-electron chi connectivity index (χ2n) is 4.39. The van der Waals surface area contributed by atoms with E-state index in [0.717, 1.165) is 13.1 Å². The molecular formula is C11H22N2O2S. The molecule has 2 N–H and O–H groups in total. The lowest BCUT2D eigenvalue weighted by atomic mass is 10.2. The smallest absolute Gasteiger partial charge is 0.239 e. The van der Waals surface area contributed by atoms with Gasteiger partial charge in [0.1, 0.15) is 0 Å². The van der Waals surface area contributed by atoms with Crippen molar-refractivity contribution in [3.63, 3.8) is 0 Å². The summed E-state index contributed by atoms with van der Waals surface area (Å²) in [6, 6.07) is -0.414. The number of nitrogens with two attached hydrogens (primary N) is 1. The van der Waals surface area contributed by atoms with Crippen LogP contribution >= 0.6 is 11.8 Å². The van der Waals surface area contributed by atoms with Gasteiger partial charge in [-0.15, -0.1) is 0 Å². The standard InChI is InChI=1S/C11H22N2O2S/c1-8-6-13(7-9(2)16-8)11(14)10(12)4-5-15-3/h8-10H,4-7,12H2,1-3H3. The number of ether oxygens (including phenoxy) is 1. The van der Waals surface area contributed by atoms with E-state index in [4.69, 9.17) is 10.5 Å². The fourth-order valence-corrected chi connectivity index (χ4v) is 3.29. The number of amides is 1. The molecule has 0 bridgehead atoms. The molecule has 1 saturated heterocycles. The van der Waals surface area contributed by atoms with Gasteiger partial charge < -0.3 is 15.4 Å². The molecule has 1 aliphatic heterocycles. The molecule has 0 saturated carbocycles. The van der Waals surface area contributed by atoms with Crippen LogP contribution in [0.25, 0.3) is 0 Å². The van der Waals surface area contributed by atoms with E-state index in [1.165, 1.54) is 0 Å². The first-order valence-electron chi connectivity index (χ1n) is 5.73. The summed E-state index contributed by atoms with van der Waals surface area (Å²) in [4.78, 5) is 13.9. The molecule has 0 aliphatic carbocycles. The summed E-state index contributed by atoms with van der Waals surface area (Å²) in [6.45, 7) is 6.48. The van der Waals surface area contributed by atoms with Crippen molar-refractivity contribution in [1.29, 1.82) is 0 Å². The number of nitrogens with zero attached hydrogens (tertiary/aromatic N) is 1. The van der Waals surface area contributed by atoms with Gasteiger partial charge in [0.05, 0.1) is 6.04 Å². The quantitative estimate of drug-likeness (QED) is 0.793. The van der Waals surface area contributed by atoms with Crippen molar-refractivity contribution in [2.24, 2.45) is 5.73 Å². The molecule has 4 nitrogen and oxygen atoms in total. The molecule has 3 atom stereocenters. The molecule has 1 rings (SSSR count). The molecule has 0 spiro atoms. The lowest BCUT2D eigenvalue weighted by Crippen LogP contribution is -2.50. The van der Waals surface area contributed by atoms with Crippen LogP contribution in [-0.2, 0) is 9.53 Å². The van der Waals surface area contributed by atoms with E-state index in [9.17, 15) is 4.79 Å². The molecule has 0 aromatic rings. The van der Waals surface area contributed by atoms with E-state index in [1.54, 1.807) is 7.11 Å². The Bertz CT molecular complexity index is 228. The van der Waals surface area contributed by atoms with Crippen LogP contribution in [0.15, 0.2) is 0 Å². The minimum atomic E-state index is -0.414. The summed E-state index contributed by atoms with van der Waals surface area (Å²) in [5.74, 6) is 0.0658. The van der Waals surface area contributed by atoms with Gasteiger partial charge in [-0.05, 0) is 6.42 Å². The molecule has 1 aliphatic rings. The largest absolute Gasteiger partial charge is 0.385 e. The Morgan fingerprint density at radius 1 is 1.50 bits per heavy atom. The summed E-state index contributed by atoms with van der Waals surface area (Å²) in [5, 5.41) is 1.00. The molecule has 0 radical (unpaired) electrons. The van der Waals surface area contributed by atoms with Gasteiger partial charge in [0.15, 0.2) is 0 Å². The normalized spacial score (nSPS) is 27.9. The van der Waals surface area contributed by atoms with Crippen LogP contribution in [0.5, 0.6) is 0 Å². The van der Waals surface area contributed by atoms with Crippen molar-refractivity contribution >= 4 is 17.7 Å². The molecule has 1 amide bonds. The highest BCUT2D eigenvalue weighted by Gasteiger charge is 2.28. The third-order valence-corrected chi connectivity index (χ3v) is 3.91. The molecule has 3 unspecified atom stereocenters. The maximum Gasteiger partial charge on any atom is 0.239 e. The fourth-order valence-electron chi connectivity index (χ4n) is 1.96. The predicted molar refractivity (Wildman–Crippen MR) is 67.6 cm³/mol. The van der Waals surface area contributed by atoms with Gasteiger partial charge in [-0.3, -0.25) is 4.79 Å². The highest BCUT2D eigenvalue weighted by Crippen LogP contribution is 2.24. The number of carbonyl (C=O) groups excluding carboxylic acids is 1. The lowest BCUT2D eigenvalue weighted by molar-refractivity contribution is -0.133. The molecule has 1 heterocycles. The monoisotopic (exact) mass is 246 g/mol. The molecule has 16 heavy (non-hydrogen) atoms. The van der Waals surface area contributed by atoms with Crippen molar-refractivity contribution < 1.29 is 9.53 Å². The second kappa shape index (κ2) is 6.47. The van der Waals surface area contributed by atoms with Crippen molar-refractivity contribution in [3.05, 3.63) is 0 Å². The van der Waals surface area contributed by atoms with Gasteiger partial charge >= 0.3 is 0 Å². The Hall–Kier alpha value is -0.260. The first-order chi connectivity index (χ1) is 7.54. The van der Waals surface area contributed by atoms with Crippen LogP contribution in [0.4, 0.5) is 0 Å². The van der Waals surface area contributed by atoms with Crippen molar-refractivity contribution in [2.45, 2.75) is 36.8 Å². The number of rotatable bonds is 4. The van der Waals surface area contributed by atoms with Crippen LogP contribution in [0.2, 0.25) is 0 Å². The minimum Gasteiger partial charge on any atom is -0.385 e.